The number of esters is 2. The van der Waals surface area contributed by atoms with Crippen molar-refractivity contribution in [1.82, 2.24) is 0 Å². The van der Waals surface area contributed by atoms with Gasteiger partial charge in [0.1, 0.15) is 11.5 Å². The van der Waals surface area contributed by atoms with Gasteiger partial charge in [0.25, 0.3) is 0 Å². The van der Waals surface area contributed by atoms with E-state index in [1.165, 1.54) is 6.08 Å². The number of hydrogen-bond donors (Lipinski definition) is 1. The molecular formula is C18H17NO4. The van der Waals surface area contributed by atoms with Crippen LogP contribution in [-0.4, -0.2) is 11.9 Å². The molecule has 2 aromatic rings. The molecule has 0 aliphatic heterocycles. The largest absolute Gasteiger partial charge is 0.426 e. The molecule has 2 aromatic carbocycles. The van der Waals surface area contributed by atoms with E-state index in [-0.39, 0.29) is 18.5 Å². The maximum atomic E-state index is 11.7. The summed E-state index contributed by atoms with van der Waals surface area (Å²) >= 11 is 0. The highest BCUT2D eigenvalue weighted by Crippen LogP contribution is 2.11. The van der Waals surface area contributed by atoms with Crippen LogP contribution in [0.25, 0.3) is 0 Å². The topological polar surface area (TPSA) is 78.6 Å². The standard InChI is InChI=1S/C18H17NO4/c19-14(13-18(21)23-16-9-5-2-6-10-16)11-12-17(20)22-15-7-3-1-4-8-15/h1-11H,12-13,19H2. The summed E-state index contributed by atoms with van der Waals surface area (Å²) in [7, 11) is 0. The Morgan fingerprint density at radius 2 is 1.30 bits per heavy atom. The lowest BCUT2D eigenvalue weighted by molar-refractivity contribution is -0.134. The lowest BCUT2D eigenvalue weighted by atomic mass is 10.2. The van der Waals surface area contributed by atoms with Gasteiger partial charge in [-0.05, 0) is 24.3 Å². The summed E-state index contributed by atoms with van der Waals surface area (Å²) in [6, 6.07) is 17.4. The maximum absolute atomic E-state index is 11.7. The summed E-state index contributed by atoms with van der Waals surface area (Å²) in [6.45, 7) is 0. The summed E-state index contributed by atoms with van der Waals surface area (Å²) in [5, 5.41) is 0. The van der Waals surface area contributed by atoms with E-state index in [1.807, 2.05) is 12.1 Å². The first-order chi connectivity index (χ1) is 11.1. The van der Waals surface area contributed by atoms with Crippen LogP contribution in [0.5, 0.6) is 11.5 Å². The van der Waals surface area contributed by atoms with Crippen molar-refractivity contribution in [3.63, 3.8) is 0 Å². The lowest BCUT2D eigenvalue weighted by Crippen LogP contribution is -2.13. The van der Waals surface area contributed by atoms with E-state index < -0.39 is 11.9 Å². The number of rotatable bonds is 6. The fourth-order valence-electron chi connectivity index (χ4n) is 1.77. The van der Waals surface area contributed by atoms with Gasteiger partial charge in [0.2, 0.25) is 0 Å². The van der Waals surface area contributed by atoms with Gasteiger partial charge in [-0.15, -0.1) is 0 Å². The molecule has 0 fully saturated rings. The number of hydrogen-bond acceptors (Lipinski definition) is 5. The molecule has 23 heavy (non-hydrogen) atoms. The Hall–Kier alpha value is -3.08. The highest BCUT2D eigenvalue weighted by molar-refractivity contribution is 5.76. The van der Waals surface area contributed by atoms with Gasteiger partial charge in [-0.3, -0.25) is 9.59 Å². The van der Waals surface area contributed by atoms with Crippen LogP contribution >= 0.6 is 0 Å². The van der Waals surface area contributed by atoms with Gasteiger partial charge in [0.05, 0.1) is 12.8 Å². The molecule has 0 saturated heterocycles. The second kappa shape index (κ2) is 8.38. The third kappa shape index (κ3) is 6.05. The van der Waals surface area contributed by atoms with Crippen molar-refractivity contribution >= 4 is 11.9 Å². The van der Waals surface area contributed by atoms with Gasteiger partial charge in [-0.2, -0.15) is 0 Å². The molecule has 2 N–H and O–H groups in total. The van der Waals surface area contributed by atoms with E-state index in [0.29, 0.717) is 11.5 Å². The van der Waals surface area contributed by atoms with Gasteiger partial charge in [-0.1, -0.05) is 42.5 Å². The molecule has 5 nitrogen and oxygen atoms in total. The third-order valence-electron chi connectivity index (χ3n) is 2.83. The first-order valence-corrected chi connectivity index (χ1v) is 7.09. The molecule has 0 bridgehead atoms. The van der Waals surface area contributed by atoms with Crippen LogP contribution < -0.4 is 15.2 Å². The van der Waals surface area contributed by atoms with Crippen LogP contribution in [-0.2, 0) is 9.59 Å². The Kier molecular flexibility index (Phi) is 5.94. The number of carbonyl (C=O) groups is 2. The first-order valence-electron chi connectivity index (χ1n) is 7.09. The summed E-state index contributed by atoms with van der Waals surface area (Å²) in [5.74, 6) is -0.0151. The monoisotopic (exact) mass is 311 g/mol. The molecule has 0 heterocycles. The minimum Gasteiger partial charge on any atom is -0.426 e. The molecule has 0 saturated carbocycles. The highest BCUT2D eigenvalue weighted by atomic mass is 16.5. The summed E-state index contributed by atoms with van der Waals surface area (Å²) < 4.78 is 10.2. The zero-order chi connectivity index (χ0) is 16.5. The van der Waals surface area contributed by atoms with Crippen molar-refractivity contribution in [2.45, 2.75) is 12.8 Å². The zero-order valence-corrected chi connectivity index (χ0v) is 12.5. The SMILES string of the molecule is NC(=CCC(=O)Oc1ccccc1)CC(=O)Oc1ccccc1. The molecule has 0 aromatic heterocycles. The molecular weight excluding hydrogens is 294 g/mol. The Bertz CT molecular complexity index is 681. The molecule has 0 unspecified atom stereocenters. The minimum absolute atomic E-state index is 0.0145. The van der Waals surface area contributed by atoms with Gasteiger partial charge in [-0.25, -0.2) is 0 Å². The molecule has 0 aliphatic rings. The Morgan fingerprint density at radius 1 is 0.826 bits per heavy atom. The Balaban J connectivity index is 1.78. The van der Waals surface area contributed by atoms with Crippen LogP contribution in [0, 0.1) is 0 Å². The van der Waals surface area contributed by atoms with E-state index in [4.69, 9.17) is 15.2 Å². The van der Waals surface area contributed by atoms with E-state index in [2.05, 4.69) is 0 Å². The number of carbonyl (C=O) groups excluding carboxylic acids is 2. The molecule has 0 aliphatic carbocycles. The normalized spacial score (nSPS) is 10.9. The van der Waals surface area contributed by atoms with Crippen molar-refractivity contribution in [3.8, 4) is 11.5 Å². The van der Waals surface area contributed by atoms with E-state index >= 15 is 0 Å². The summed E-state index contributed by atoms with van der Waals surface area (Å²) in [6.07, 6.45) is 1.35. The van der Waals surface area contributed by atoms with E-state index in [1.54, 1.807) is 48.5 Å². The van der Waals surface area contributed by atoms with Gasteiger partial charge in [0, 0.05) is 5.70 Å². The molecule has 0 amide bonds. The lowest BCUT2D eigenvalue weighted by Gasteiger charge is -2.05. The highest BCUT2D eigenvalue weighted by Gasteiger charge is 2.08. The smallest absolute Gasteiger partial charge is 0.317 e. The fraction of sp³-hybridized carbons (Fsp3) is 0.111. The molecule has 0 radical (unpaired) electrons. The second-order valence-corrected chi connectivity index (χ2v) is 4.73. The number of nitrogens with two attached hydrogens (primary N) is 1. The summed E-state index contributed by atoms with van der Waals surface area (Å²) in [5.41, 5.74) is 5.98. The molecule has 2 rings (SSSR count). The van der Waals surface area contributed by atoms with E-state index in [0.717, 1.165) is 0 Å². The van der Waals surface area contributed by atoms with Crippen LogP contribution in [0.1, 0.15) is 12.8 Å². The number of para-hydroxylation sites is 2. The minimum atomic E-state index is -0.485. The predicted octanol–water partition coefficient (Wildman–Crippen LogP) is 2.82. The van der Waals surface area contributed by atoms with Crippen LogP contribution in [0.15, 0.2) is 72.4 Å². The zero-order valence-electron chi connectivity index (χ0n) is 12.5. The van der Waals surface area contributed by atoms with Gasteiger partial charge >= 0.3 is 11.9 Å². The van der Waals surface area contributed by atoms with Crippen molar-refractivity contribution < 1.29 is 19.1 Å². The number of ether oxygens (including phenoxy) is 2. The van der Waals surface area contributed by atoms with Gasteiger partial charge in [0.15, 0.2) is 0 Å². The summed E-state index contributed by atoms with van der Waals surface area (Å²) in [4.78, 5) is 23.4. The van der Waals surface area contributed by atoms with Crippen molar-refractivity contribution in [3.05, 3.63) is 72.4 Å². The molecule has 118 valence electrons. The molecule has 0 atom stereocenters. The first kappa shape index (κ1) is 16.3. The molecule has 0 spiro atoms. The predicted molar refractivity (Wildman–Crippen MR) is 85.7 cm³/mol. The second-order valence-electron chi connectivity index (χ2n) is 4.73. The average molecular weight is 311 g/mol. The maximum Gasteiger partial charge on any atom is 0.317 e. The van der Waals surface area contributed by atoms with E-state index in [9.17, 15) is 9.59 Å². The molecule has 5 heteroatoms. The Labute approximate surface area is 134 Å². The average Bonchev–Trinajstić information content (AvgIpc) is 2.55. The fourth-order valence-corrected chi connectivity index (χ4v) is 1.77. The van der Waals surface area contributed by atoms with Gasteiger partial charge < -0.3 is 15.2 Å². The van der Waals surface area contributed by atoms with Crippen molar-refractivity contribution in [2.75, 3.05) is 0 Å². The van der Waals surface area contributed by atoms with Crippen LogP contribution in [0.2, 0.25) is 0 Å². The van der Waals surface area contributed by atoms with Crippen molar-refractivity contribution in [1.29, 1.82) is 0 Å². The third-order valence-corrected chi connectivity index (χ3v) is 2.83. The quantitative estimate of drug-likeness (QED) is 0.655. The van der Waals surface area contributed by atoms with Crippen LogP contribution in [0.4, 0.5) is 0 Å². The van der Waals surface area contributed by atoms with Crippen molar-refractivity contribution in [2.24, 2.45) is 5.73 Å². The Morgan fingerprint density at radius 3 is 1.83 bits per heavy atom. The number of benzene rings is 2. The van der Waals surface area contributed by atoms with Crippen LogP contribution in [0.3, 0.4) is 0 Å².